The zero-order chi connectivity index (χ0) is 30.9. The Balaban J connectivity index is 4.96. The molecule has 0 heterocycles. The molecule has 41 heavy (non-hydrogen) atoms. The lowest BCUT2D eigenvalue weighted by molar-refractivity contribution is -0.146. The number of carbonyl (C=O) groups excluding carboxylic acids is 5. The maximum absolute atomic E-state index is 12.7. The van der Waals surface area contributed by atoms with Gasteiger partial charge in [-0.2, -0.15) is 0 Å². The monoisotopic (exact) mass is 581 g/mol. The van der Waals surface area contributed by atoms with Gasteiger partial charge in [0.05, 0.1) is 12.5 Å². The molecule has 0 aliphatic rings. The Morgan fingerprint density at radius 3 is 1.90 bits per heavy atom. The number of urea groups is 1. The van der Waals surface area contributed by atoms with Crippen molar-refractivity contribution in [2.24, 2.45) is 5.92 Å². The van der Waals surface area contributed by atoms with Crippen molar-refractivity contribution in [2.45, 2.75) is 70.9 Å². The first-order valence-corrected chi connectivity index (χ1v) is 13.9. The highest BCUT2D eigenvalue weighted by molar-refractivity contribution is 5.87. The van der Waals surface area contributed by atoms with E-state index in [1.807, 2.05) is 0 Å². The molecule has 0 fully saturated rings. The van der Waals surface area contributed by atoms with E-state index in [2.05, 4.69) is 42.6 Å². The topological polar surface area (TPSA) is 158 Å². The second-order valence-corrected chi connectivity index (χ2v) is 9.19. The van der Waals surface area contributed by atoms with Gasteiger partial charge in [0, 0.05) is 19.6 Å². The van der Waals surface area contributed by atoms with Gasteiger partial charge in [0.25, 0.3) is 0 Å². The van der Waals surface area contributed by atoms with E-state index in [0.717, 1.165) is 12.8 Å². The van der Waals surface area contributed by atoms with E-state index in [0.29, 0.717) is 32.6 Å². The van der Waals surface area contributed by atoms with Gasteiger partial charge in [-0.25, -0.2) is 14.4 Å². The third-order valence-electron chi connectivity index (χ3n) is 5.54. The van der Waals surface area contributed by atoms with Crippen molar-refractivity contribution in [3.63, 3.8) is 0 Å². The first-order valence-electron chi connectivity index (χ1n) is 13.9. The number of hydrogen-bond acceptors (Lipinski definition) is 9. The zero-order valence-corrected chi connectivity index (χ0v) is 24.5. The Morgan fingerprint density at radius 1 is 0.780 bits per heavy atom. The number of ether oxygens (including phenoxy) is 4. The van der Waals surface area contributed by atoms with E-state index in [9.17, 15) is 24.0 Å². The maximum Gasteiger partial charge on any atom is 0.329 e. The van der Waals surface area contributed by atoms with Gasteiger partial charge < -0.3 is 34.9 Å². The summed E-state index contributed by atoms with van der Waals surface area (Å²) in [4.78, 5) is 61.8. The van der Waals surface area contributed by atoms with E-state index < -0.39 is 36.0 Å². The molecule has 0 saturated carbocycles. The molecule has 0 radical (unpaired) electrons. The van der Waals surface area contributed by atoms with E-state index >= 15 is 0 Å². The minimum absolute atomic E-state index is 0.0169. The number of hydrogen-bond donors (Lipinski definition) is 3. The molecule has 3 N–H and O–H groups in total. The number of rotatable bonds is 24. The van der Waals surface area contributed by atoms with Crippen molar-refractivity contribution in [2.75, 3.05) is 39.6 Å². The first kappa shape index (κ1) is 37.3. The van der Waals surface area contributed by atoms with Gasteiger partial charge in [0.15, 0.2) is 0 Å². The molecule has 0 spiro atoms. The minimum atomic E-state index is -1.18. The molecular formula is C29H47N3O9. The average molecular weight is 582 g/mol. The van der Waals surface area contributed by atoms with Crippen molar-refractivity contribution >= 4 is 29.8 Å². The fourth-order valence-electron chi connectivity index (χ4n) is 3.27. The van der Waals surface area contributed by atoms with E-state index in [-0.39, 0.29) is 50.9 Å². The summed E-state index contributed by atoms with van der Waals surface area (Å²) in [6.07, 6.45) is 7.13. The average Bonchev–Trinajstić information content (AvgIpc) is 2.96. The largest absolute Gasteiger partial charge is 0.461 e. The summed E-state index contributed by atoms with van der Waals surface area (Å²) >= 11 is 0. The maximum atomic E-state index is 12.7. The predicted molar refractivity (Wildman–Crippen MR) is 154 cm³/mol. The summed E-state index contributed by atoms with van der Waals surface area (Å²) in [5.74, 6) is -2.44. The van der Waals surface area contributed by atoms with Gasteiger partial charge in [0.1, 0.15) is 31.9 Å². The van der Waals surface area contributed by atoms with Crippen molar-refractivity contribution in [1.82, 2.24) is 16.0 Å². The van der Waals surface area contributed by atoms with Crippen molar-refractivity contribution in [1.29, 1.82) is 0 Å². The molecule has 2 unspecified atom stereocenters. The standard InChI is InChI=1S/C29H47N3O9/c1-6-10-20-38-21-22(5)26(34)30-16-12-11-13-23(27(35)40-18-8-3)31-29(37)32-24(28(36)41-19-9-4)14-15-25(33)39-17-7-2/h7-9,22-24H,2-4,6,10-21H2,1,5H3,(H,30,34)(H2,31,32,37)/t22?,23-,24?/m0/s1. The lowest BCUT2D eigenvalue weighted by atomic mass is 10.1. The summed E-state index contributed by atoms with van der Waals surface area (Å²) < 4.78 is 20.5. The van der Waals surface area contributed by atoms with Crippen LogP contribution in [-0.4, -0.2) is 81.5 Å². The van der Waals surface area contributed by atoms with Crippen LogP contribution in [0.15, 0.2) is 38.0 Å². The van der Waals surface area contributed by atoms with Gasteiger partial charge in [-0.05, 0) is 32.1 Å². The second-order valence-electron chi connectivity index (χ2n) is 9.19. The minimum Gasteiger partial charge on any atom is -0.461 e. The highest BCUT2D eigenvalue weighted by Gasteiger charge is 2.27. The Kier molecular flexibility index (Phi) is 22.0. The van der Waals surface area contributed by atoms with Gasteiger partial charge in [0.2, 0.25) is 5.91 Å². The number of amides is 3. The van der Waals surface area contributed by atoms with Crippen LogP contribution in [0.25, 0.3) is 0 Å². The summed E-state index contributed by atoms with van der Waals surface area (Å²) in [5.41, 5.74) is 0. The van der Waals surface area contributed by atoms with Crippen LogP contribution in [0.1, 0.15) is 58.8 Å². The molecule has 12 nitrogen and oxygen atoms in total. The van der Waals surface area contributed by atoms with Crippen LogP contribution in [0.3, 0.4) is 0 Å². The van der Waals surface area contributed by atoms with E-state index in [1.54, 1.807) is 6.92 Å². The van der Waals surface area contributed by atoms with Crippen molar-refractivity contribution in [3.05, 3.63) is 38.0 Å². The molecule has 0 saturated heterocycles. The van der Waals surface area contributed by atoms with Gasteiger partial charge in [-0.1, -0.05) is 58.2 Å². The highest BCUT2D eigenvalue weighted by Crippen LogP contribution is 2.07. The molecule has 0 rings (SSSR count). The normalized spacial score (nSPS) is 12.5. The third-order valence-corrected chi connectivity index (χ3v) is 5.54. The number of unbranched alkanes of at least 4 members (excludes halogenated alkanes) is 2. The molecule has 0 bridgehead atoms. The van der Waals surface area contributed by atoms with E-state index in [4.69, 9.17) is 18.9 Å². The second kappa shape index (κ2) is 24.2. The first-order chi connectivity index (χ1) is 19.7. The van der Waals surface area contributed by atoms with Crippen LogP contribution in [-0.2, 0) is 38.1 Å². The van der Waals surface area contributed by atoms with Crippen LogP contribution < -0.4 is 16.0 Å². The van der Waals surface area contributed by atoms with Crippen LogP contribution in [0.5, 0.6) is 0 Å². The molecule has 0 aliphatic heterocycles. The molecule has 0 aromatic carbocycles. The Labute approximate surface area is 243 Å². The fourth-order valence-corrected chi connectivity index (χ4v) is 3.27. The van der Waals surface area contributed by atoms with Crippen LogP contribution in [0.4, 0.5) is 4.79 Å². The molecule has 3 amide bonds. The lowest BCUT2D eigenvalue weighted by Crippen LogP contribution is -2.52. The summed E-state index contributed by atoms with van der Waals surface area (Å²) in [7, 11) is 0. The van der Waals surface area contributed by atoms with Gasteiger partial charge >= 0.3 is 23.9 Å². The SMILES string of the molecule is C=CCOC(=O)CCC(NC(=O)N[C@@H](CCCCNC(=O)C(C)COCCCC)C(=O)OCC=C)C(=O)OCC=C. The third kappa shape index (κ3) is 19.1. The Bertz CT molecular complexity index is 847. The quantitative estimate of drug-likeness (QED) is 0.0674. The predicted octanol–water partition coefficient (Wildman–Crippen LogP) is 2.73. The van der Waals surface area contributed by atoms with Gasteiger partial charge in [-0.3, -0.25) is 9.59 Å². The Morgan fingerprint density at radius 2 is 1.34 bits per heavy atom. The number of carbonyl (C=O) groups is 5. The fraction of sp³-hybridized carbons (Fsp3) is 0.621. The molecule has 232 valence electrons. The molecule has 3 atom stereocenters. The molecule has 0 aromatic heterocycles. The van der Waals surface area contributed by atoms with Crippen LogP contribution in [0.2, 0.25) is 0 Å². The molecule has 12 heteroatoms. The number of esters is 3. The molecule has 0 aliphatic carbocycles. The smallest absolute Gasteiger partial charge is 0.329 e. The van der Waals surface area contributed by atoms with Crippen LogP contribution in [0, 0.1) is 5.92 Å². The summed E-state index contributed by atoms with van der Waals surface area (Å²) in [5, 5.41) is 7.81. The van der Waals surface area contributed by atoms with Crippen molar-refractivity contribution < 1.29 is 42.9 Å². The van der Waals surface area contributed by atoms with Gasteiger partial charge in [-0.15, -0.1) is 0 Å². The summed E-state index contributed by atoms with van der Waals surface area (Å²) in [6, 6.07) is -3.03. The van der Waals surface area contributed by atoms with Crippen molar-refractivity contribution in [3.8, 4) is 0 Å². The lowest BCUT2D eigenvalue weighted by Gasteiger charge is -2.21. The molecular weight excluding hydrogens is 534 g/mol. The molecule has 0 aromatic rings. The van der Waals surface area contributed by atoms with E-state index in [1.165, 1.54) is 18.2 Å². The number of nitrogens with one attached hydrogen (secondary N) is 3. The zero-order valence-electron chi connectivity index (χ0n) is 24.5. The Hall–Kier alpha value is -3.67. The highest BCUT2D eigenvalue weighted by atomic mass is 16.5. The van der Waals surface area contributed by atoms with Crippen LogP contribution >= 0.6 is 0 Å². The summed E-state index contributed by atoms with van der Waals surface area (Å²) in [6.45, 7) is 15.5.